The highest BCUT2D eigenvalue weighted by atomic mass is 16.4. The molecule has 0 saturated heterocycles. The largest absolute Gasteiger partial charge is 0.478 e. The fraction of sp³-hybridized carbons (Fsp3) is 0.222. The molecule has 1 heterocycles. The first-order valence-corrected chi connectivity index (χ1v) is 3.96. The van der Waals surface area contributed by atoms with E-state index in [0.717, 1.165) is 11.6 Å². The minimum atomic E-state index is -1.14. The molecule has 0 atom stereocenters. The zero-order valence-electron chi connectivity index (χ0n) is 7.84. The van der Waals surface area contributed by atoms with Crippen molar-refractivity contribution >= 4 is 17.3 Å². The van der Waals surface area contributed by atoms with E-state index in [-0.39, 0.29) is 10.9 Å². The quantitative estimate of drug-likeness (QED) is 0.497. The SMILES string of the molecule is CC(C)=c1[nH]c(=O)c(=C=CC(=O)O)[nH]1. The van der Waals surface area contributed by atoms with Crippen molar-refractivity contribution in [2.24, 2.45) is 0 Å². The topological polar surface area (TPSA) is 85.9 Å². The summed E-state index contributed by atoms with van der Waals surface area (Å²) >= 11 is 0. The van der Waals surface area contributed by atoms with Crippen molar-refractivity contribution in [1.82, 2.24) is 9.97 Å². The molecule has 0 aromatic carbocycles. The van der Waals surface area contributed by atoms with Gasteiger partial charge in [0.1, 0.15) is 10.8 Å². The van der Waals surface area contributed by atoms with Crippen LogP contribution in [0.5, 0.6) is 0 Å². The summed E-state index contributed by atoms with van der Waals surface area (Å²) in [5, 5.41) is 8.45. The van der Waals surface area contributed by atoms with Gasteiger partial charge >= 0.3 is 5.97 Å². The summed E-state index contributed by atoms with van der Waals surface area (Å²) in [6, 6.07) is 0. The number of imidazole rings is 1. The molecule has 3 N–H and O–H groups in total. The summed E-state index contributed by atoms with van der Waals surface area (Å²) in [6.07, 6.45) is 0.788. The summed E-state index contributed by atoms with van der Waals surface area (Å²) < 4.78 is 0. The van der Waals surface area contributed by atoms with Crippen molar-refractivity contribution in [1.29, 1.82) is 0 Å². The van der Waals surface area contributed by atoms with E-state index in [1.54, 1.807) is 0 Å². The molecule has 0 bridgehead atoms. The third-order valence-corrected chi connectivity index (χ3v) is 1.56. The number of carbonyl (C=O) groups is 1. The first kappa shape index (κ1) is 10.1. The number of carboxylic acid groups (broad SMARTS) is 1. The van der Waals surface area contributed by atoms with Gasteiger partial charge in [-0.25, -0.2) is 4.79 Å². The van der Waals surface area contributed by atoms with Gasteiger partial charge in [-0.1, -0.05) is 5.73 Å². The normalized spacial score (nSPS) is 9.29. The van der Waals surface area contributed by atoms with Crippen LogP contribution in [0, 0.1) is 0 Å². The Labute approximate surface area is 79.1 Å². The monoisotopic (exact) mass is 194 g/mol. The maximum atomic E-state index is 11.2. The van der Waals surface area contributed by atoms with Crippen LogP contribution in [-0.4, -0.2) is 21.0 Å². The molecular formula is C9H10N2O3. The second-order valence-corrected chi connectivity index (χ2v) is 2.96. The number of aliphatic carboxylic acids is 1. The minimum Gasteiger partial charge on any atom is -0.478 e. The van der Waals surface area contributed by atoms with Crippen molar-refractivity contribution in [3.8, 4) is 0 Å². The van der Waals surface area contributed by atoms with Crippen LogP contribution >= 0.6 is 0 Å². The van der Waals surface area contributed by atoms with Gasteiger partial charge in [-0.2, -0.15) is 0 Å². The Kier molecular flexibility index (Phi) is 2.74. The Morgan fingerprint density at radius 3 is 2.50 bits per heavy atom. The molecule has 1 aromatic rings. The zero-order valence-corrected chi connectivity index (χ0v) is 7.84. The van der Waals surface area contributed by atoms with Crippen molar-refractivity contribution in [3.05, 3.63) is 27.3 Å². The molecule has 0 spiro atoms. The molecule has 1 rings (SSSR count). The predicted octanol–water partition coefficient (Wildman–Crippen LogP) is -1.09. The fourth-order valence-electron chi connectivity index (χ4n) is 0.875. The Bertz CT molecular complexity index is 552. The van der Waals surface area contributed by atoms with Crippen LogP contribution in [0.4, 0.5) is 0 Å². The molecule has 0 aliphatic carbocycles. The molecule has 0 saturated carbocycles. The van der Waals surface area contributed by atoms with Gasteiger partial charge in [0, 0.05) is 0 Å². The lowest BCUT2D eigenvalue weighted by Gasteiger charge is -1.80. The molecule has 5 nitrogen and oxygen atoms in total. The molecule has 0 unspecified atom stereocenters. The number of hydrogen-bond acceptors (Lipinski definition) is 2. The molecule has 0 aliphatic heterocycles. The molecule has 74 valence electrons. The van der Waals surface area contributed by atoms with Crippen LogP contribution < -0.4 is 16.4 Å². The van der Waals surface area contributed by atoms with E-state index in [2.05, 4.69) is 15.7 Å². The lowest BCUT2D eigenvalue weighted by Crippen LogP contribution is -2.21. The van der Waals surface area contributed by atoms with Gasteiger partial charge in [0.15, 0.2) is 0 Å². The van der Waals surface area contributed by atoms with Gasteiger partial charge < -0.3 is 15.1 Å². The third kappa shape index (κ3) is 2.24. The van der Waals surface area contributed by atoms with Gasteiger partial charge in [0.25, 0.3) is 5.56 Å². The van der Waals surface area contributed by atoms with Gasteiger partial charge in [0.05, 0.1) is 6.08 Å². The molecule has 0 amide bonds. The highest BCUT2D eigenvalue weighted by molar-refractivity contribution is 5.82. The highest BCUT2D eigenvalue weighted by Crippen LogP contribution is 1.78. The second-order valence-electron chi connectivity index (χ2n) is 2.96. The summed E-state index contributed by atoms with van der Waals surface area (Å²) in [4.78, 5) is 26.6. The van der Waals surface area contributed by atoms with Crippen LogP contribution in [-0.2, 0) is 4.79 Å². The molecule has 1 aromatic heterocycles. The lowest BCUT2D eigenvalue weighted by molar-refractivity contribution is -0.131. The number of hydrogen-bond donors (Lipinski definition) is 3. The lowest BCUT2D eigenvalue weighted by atomic mass is 10.4. The molecular weight excluding hydrogens is 184 g/mol. The summed E-state index contributed by atoms with van der Waals surface area (Å²) in [5.41, 5.74) is 3.46. The van der Waals surface area contributed by atoms with Gasteiger partial charge in [-0.15, -0.1) is 0 Å². The summed E-state index contributed by atoms with van der Waals surface area (Å²) in [7, 11) is 0. The Balaban J connectivity index is 3.55. The maximum Gasteiger partial charge on any atom is 0.336 e. The van der Waals surface area contributed by atoms with Crippen LogP contribution in [0.1, 0.15) is 13.8 Å². The average molecular weight is 194 g/mol. The van der Waals surface area contributed by atoms with E-state index in [9.17, 15) is 9.59 Å². The molecule has 14 heavy (non-hydrogen) atoms. The molecule has 0 aliphatic rings. The summed E-state index contributed by atoms with van der Waals surface area (Å²) in [6.45, 7) is 3.65. The van der Waals surface area contributed by atoms with Crippen molar-refractivity contribution < 1.29 is 9.90 Å². The maximum absolute atomic E-state index is 11.2. The van der Waals surface area contributed by atoms with E-state index < -0.39 is 5.97 Å². The van der Waals surface area contributed by atoms with E-state index in [4.69, 9.17) is 5.11 Å². The molecule has 5 heteroatoms. The molecule has 0 fully saturated rings. The number of aromatic amines is 2. The first-order valence-electron chi connectivity index (χ1n) is 3.96. The first-order chi connectivity index (χ1) is 6.50. The van der Waals surface area contributed by atoms with E-state index >= 15 is 0 Å². The Morgan fingerprint density at radius 2 is 2.07 bits per heavy atom. The smallest absolute Gasteiger partial charge is 0.336 e. The minimum absolute atomic E-state index is 0.114. The number of nitrogens with one attached hydrogen (secondary N) is 2. The highest BCUT2D eigenvalue weighted by Gasteiger charge is 1.92. The van der Waals surface area contributed by atoms with E-state index in [1.165, 1.54) is 0 Å². The van der Waals surface area contributed by atoms with Crippen LogP contribution in [0.3, 0.4) is 0 Å². The van der Waals surface area contributed by atoms with Gasteiger partial charge in [-0.05, 0) is 19.4 Å². The predicted molar refractivity (Wildman–Crippen MR) is 51.0 cm³/mol. The molecule has 0 radical (unpaired) electrons. The zero-order chi connectivity index (χ0) is 10.7. The van der Waals surface area contributed by atoms with E-state index in [1.807, 2.05) is 13.8 Å². The summed E-state index contributed by atoms with van der Waals surface area (Å²) in [5.74, 6) is -1.14. The third-order valence-electron chi connectivity index (χ3n) is 1.56. The average Bonchev–Trinajstić information content (AvgIpc) is 2.43. The van der Waals surface area contributed by atoms with E-state index in [0.29, 0.717) is 5.48 Å². The Hall–Kier alpha value is -2.00. The van der Waals surface area contributed by atoms with Crippen LogP contribution in [0.25, 0.3) is 11.3 Å². The second kappa shape index (κ2) is 3.81. The van der Waals surface area contributed by atoms with Crippen LogP contribution in [0.15, 0.2) is 10.9 Å². The van der Waals surface area contributed by atoms with Gasteiger partial charge in [0.2, 0.25) is 0 Å². The number of H-pyrrole nitrogens is 2. The van der Waals surface area contributed by atoms with Crippen molar-refractivity contribution in [2.75, 3.05) is 0 Å². The standard InChI is InChI=1S/C9H10N2O3/c1-5(2)8-10-6(9(14)11-8)3-4-7(12)13/h4,10H,1-2H3,(H,11,14)(H,12,13). The van der Waals surface area contributed by atoms with Gasteiger partial charge in [-0.3, -0.25) is 4.79 Å². The number of aromatic nitrogens is 2. The fourth-order valence-corrected chi connectivity index (χ4v) is 0.875. The van der Waals surface area contributed by atoms with Crippen LogP contribution in [0.2, 0.25) is 0 Å². The number of rotatable bonds is 1. The number of carboxylic acids is 1. The van der Waals surface area contributed by atoms with Crippen molar-refractivity contribution in [2.45, 2.75) is 13.8 Å². The Morgan fingerprint density at radius 1 is 1.43 bits per heavy atom. The van der Waals surface area contributed by atoms with Crippen molar-refractivity contribution in [3.63, 3.8) is 0 Å².